The zero-order valence-corrected chi connectivity index (χ0v) is 26.2. The van der Waals surface area contributed by atoms with E-state index >= 15 is 0 Å². The molecule has 0 aliphatic rings. The molecule has 7 aromatic rings. The Morgan fingerprint density at radius 1 is 0.261 bits per heavy atom. The number of hydrogen-bond donors (Lipinski definition) is 0. The molecule has 6 heteroatoms. The molecular formula is C40H32N6. The van der Waals surface area contributed by atoms with Crippen molar-refractivity contribution in [1.29, 1.82) is 0 Å². The Labute approximate surface area is 269 Å². The molecule has 0 radical (unpaired) electrons. The summed E-state index contributed by atoms with van der Waals surface area (Å²) in [5, 5.41) is 0. The summed E-state index contributed by atoms with van der Waals surface area (Å²) in [7, 11) is 0. The third kappa shape index (κ3) is 6.19. The molecule has 0 amide bonds. The monoisotopic (exact) mass is 596 g/mol. The highest BCUT2D eigenvalue weighted by Gasteiger charge is 2.10. The van der Waals surface area contributed by atoms with Crippen LogP contribution in [0.25, 0.3) is 67.3 Å². The summed E-state index contributed by atoms with van der Waals surface area (Å²) in [6.45, 7) is 7.59. The molecule has 0 bridgehead atoms. The zero-order chi connectivity index (χ0) is 31.6. The Bertz CT molecular complexity index is 2030. The molecule has 0 atom stereocenters. The van der Waals surface area contributed by atoms with Gasteiger partial charge >= 0.3 is 0 Å². The third-order valence-electron chi connectivity index (χ3n) is 7.88. The Morgan fingerprint density at radius 3 is 0.696 bits per heavy atom. The molecule has 6 nitrogen and oxygen atoms in total. The lowest BCUT2D eigenvalue weighted by Crippen LogP contribution is -1.98. The van der Waals surface area contributed by atoms with E-state index in [-0.39, 0.29) is 0 Å². The SMILES string of the molecule is Cc1nc(C)nc(-c2cccc(-c3cccc(-c4cccc(-c5cccc(-c6cccc(-c7nc(C)nc(C)n7)c6)c5)c4)c3)c2)n1. The van der Waals surface area contributed by atoms with Gasteiger partial charge in [0.1, 0.15) is 23.3 Å². The predicted molar refractivity (Wildman–Crippen MR) is 185 cm³/mol. The minimum Gasteiger partial charge on any atom is -0.219 e. The Hall–Kier alpha value is -5.88. The van der Waals surface area contributed by atoms with E-state index in [0.29, 0.717) is 11.6 Å². The predicted octanol–water partition coefficient (Wildman–Crippen LogP) is 9.29. The fraction of sp³-hybridized carbons (Fsp3) is 0.100. The Balaban J connectivity index is 1.19. The maximum atomic E-state index is 4.56. The van der Waals surface area contributed by atoms with Crippen LogP contribution in [0.4, 0.5) is 0 Å². The van der Waals surface area contributed by atoms with Gasteiger partial charge in [-0.05, 0) is 103 Å². The van der Waals surface area contributed by atoms with Crippen LogP contribution in [0.15, 0.2) is 121 Å². The quantitative estimate of drug-likeness (QED) is 0.190. The summed E-state index contributed by atoms with van der Waals surface area (Å²) < 4.78 is 0. The fourth-order valence-corrected chi connectivity index (χ4v) is 5.80. The van der Waals surface area contributed by atoms with Crippen molar-refractivity contribution in [3.63, 3.8) is 0 Å². The van der Waals surface area contributed by atoms with Crippen LogP contribution in [0.2, 0.25) is 0 Å². The lowest BCUT2D eigenvalue weighted by Gasteiger charge is -2.11. The highest BCUT2D eigenvalue weighted by molar-refractivity contribution is 5.80. The molecule has 0 aliphatic heterocycles. The van der Waals surface area contributed by atoms with E-state index in [9.17, 15) is 0 Å². The van der Waals surface area contributed by atoms with E-state index in [1.165, 1.54) is 0 Å². The molecule has 2 aromatic heterocycles. The zero-order valence-electron chi connectivity index (χ0n) is 26.2. The highest BCUT2D eigenvalue weighted by Crippen LogP contribution is 2.33. The van der Waals surface area contributed by atoms with E-state index in [1.54, 1.807) is 0 Å². The summed E-state index contributed by atoms with van der Waals surface area (Å²) in [4.78, 5) is 26.9. The van der Waals surface area contributed by atoms with Crippen molar-refractivity contribution in [2.24, 2.45) is 0 Å². The smallest absolute Gasteiger partial charge is 0.163 e. The first-order chi connectivity index (χ1) is 22.4. The third-order valence-corrected chi connectivity index (χ3v) is 7.88. The number of hydrogen-bond acceptors (Lipinski definition) is 6. The number of aromatic nitrogens is 6. The normalized spacial score (nSPS) is 11.0. The minimum atomic E-state index is 0.695. The van der Waals surface area contributed by atoms with E-state index in [2.05, 4.69) is 139 Å². The maximum Gasteiger partial charge on any atom is 0.163 e. The summed E-state index contributed by atoms with van der Waals surface area (Å²) in [6.07, 6.45) is 0. The molecule has 2 heterocycles. The average Bonchev–Trinajstić information content (AvgIpc) is 3.08. The first-order valence-electron chi connectivity index (χ1n) is 15.3. The van der Waals surface area contributed by atoms with Gasteiger partial charge in [0.2, 0.25) is 0 Å². The highest BCUT2D eigenvalue weighted by atomic mass is 15.0. The lowest BCUT2D eigenvalue weighted by atomic mass is 9.94. The topological polar surface area (TPSA) is 77.3 Å². The van der Waals surface area contributed by atoms with Gasteiger partial charge in [0, 0.05) is 11.1 Å². The molecule has 0 aliphatic carbocycles. The molecule has 7 rings (SSSR count). The van der Waals surface area contributed by atoms with Crippen LogP contribution >= 0.6 is 0 Å². The van der Waals surface area contributed by atoms with Gasteiger partial charge in [-0.1, -0.05) is 91.0 Å². The van der Waals surface area contributed by atoms with Crippen molar-refractivity contribution in [3.8, 4) is 67.3 Å². The molecule has 46 heavy (non-hydrogen) atoms. The summed E-state index contributed by atoms with van der Waals surface area (Å²) in [5.74, 6) is 4.27. The summed E-state index contributed by atoms with van der Waals surface area (Å²) in [6, 6.07) is 42.8. The van der Waals surface area contributed by atoms with Gasteiger partial charge in [0.25, 0.3) is 0 Å². The molecule has 222 valence electrons. The fourth-order valence-electron chi connectivity index (χ4n) is 5.80. The largest absolute Gasteiger partial charge is 0.219 e. The number of rotatable bonds is 6. The standard InChI is InChI=1S/C40H32N6/c1-25-41-26(2)44-39(43-25)37-18-8-16-35(23-37)33-14-6-12-31(21-33)29-10-5-11-30(20-29)32-13-7-15-34(22-32)36-17-9-19-38(24-36)40-45-27(3)42-28(4)46-40/h5-24H,1-4H3. The van der Waals surface area contributed by atoms with Crippen molar-refractivity contribution >= 4 is 0 Å². The van der Waals surface area contributed by atoms with Gasteiger partial charge in [-0.3, -0.25) is 0 Å². The van der Waals surface area contributed by atoms with Crippen LogP contribution < -0.4 is 0 Å². The van der Waals surface area contributed by atoms with Crippen molar-refractivity contribution in [1.82, 2.24) is 29.9 Å². The van der Waals surface area contributed by atoms with E-state index in [1.807, 2.05) is 39.8 Å². The van der Waals surface area contributed by atoms with Crippen LogP contribution in [-0.4, -0.2) is 29.9 Å². The second-order valence-electron chi connectivity index (χ2n) is 11.4. The van der Waals surface area contributed by atoms with Crippen molar-refractivity contribution in [2.45, 2.75) is 27.7 Å². The molecule has 0 N–H and O–H groups in total. The van der Waals surface area contributed by atoms with Crippen molar-refractivity contribution < 1.29 is 0 Å². The van der Waals surface area contributed by atoms with Gasteiger partial charge in [0.05, 0.1) is 0 Å². The van der Waals surface area contributed by atoms with E-state index in [0.717, 1.165) is 78.9 Å². The first kappa shape index (κ1) is 28.9. The molecule has 0 saturated heterocycles. The summed E-state index contributed by atoms with van der Waals surface area (Å²) >= 11 is 0. The van der Waals surface area contributed by atoms with Gasteiger partial charge in [-0.15, -0.1) is 0 Å². The lowest BCUT2D eigenvalue weighted by molar-refractivity contribution is 0.928. The van der Waals surface area contributed by atoms with Crippen molar-refractivity contribution in [3.05, 3.63) is 145 Å². The van der Waals surface area contributed by atoms with Crippen LogP contribution in [0.1, 0.15) is 23.3 Å². The van der Waals surface area contributed by atoms with Gasteiger partial charge < -0.3 is 0 Å². The molecule has 0 saturated carbocycles. The van der Waals surface area contributed by atoms with Crippen LogP contribution in [-0.2, 0) is 0 Å². The van der Waals surface area contributed by atoms with Crippen molar-refractivity contribution in [2.75, 3.05) is 0 Å². The Kier molecular flexibility index (Phi) is 7.69. The number of aryl methyl sites for hydroxylation is 4. The second-order valence-corrected chi connectivity index (χ2v) is 11.4. The second kappa shape index (κ2) is 12.3. The molecule has 0 unspecified atom stereocenters. The van der Waals surface area contributed by atoms with Crippen LogP contribution in [0, 0.1) is 27.7 Å². The van der Waals surface area contributed by atoms with Gasteiger partial charge in [-0.2, -0.15) is 0 Å². The van der Waals surface area contributed by atoms with Crippen LogP contribution in [0.5, 0.6) is 0 Å². The average molecular weight is 597 g/mol. The van der Waals surface area contributed by atoms with Gasteiger partial charge in [0.15, 0.2) is 11.6 Å². The maximum absolute atomic E-state index is 4.56. The minimum absolute atomic E-state index is 0.695. The van der Waals surface area contributed by atoms with E-state index < -0.39 is 0 Å². The van der Waals surface area contributed by atoms with Crippen LogP contribution in [0.3, 0.4) is 0 Å². The Morgan fingerprint density at radius 2 is 0.457 bits per heavy atom. The number of benzene rings is 5. The molecule has 0 fully saturated rings. The van der Waals surface area contributed by atoms with Gasteiger partial charge in [-0.25, -0.2) is 29.9 Å². The number of nitrogens with zero attached hydrogens (tertiary/aromatic N) is 6. The molecular weight excluding hydrogens is 564 g/mol. The molecule has 5 aromatic carbocycles. The molecule has 0 spiro atoms. The summed E-state index contributed by atoms with van der Waals surface area (Å²) in [5.41, 5.74) is 11.1. The first-order valence-corrected chi connectivity index (χ1v) is 15.3. The van der Waals surface area contributed by atoms with E-state index in [4.69, 9.17) is 0 Å².